The minimum Gasteiger partial charge on any atom is -0.392 e. The lowest BCUT2D eigenvalue weighted by atomic mass is 9.85. The smallest absolute Gasteiger partial charge is 0.0693 e. The van der Waals surface area contributed by atoms with Crippen molar-refractivity contribution in [2.24, 2.45) is 5.41 Å². The summed E-state index contributed by atoms with van der Waals surface area (Å²) in [5, 5.41) is 13.6. The third-order valence-corrected chi connectivity index (χ3v) is 4.40. The lowest BCUT2D eigenvalue weighted by Crippen LogP contribution is -2.50. The Morgan fingerprint density at radius 1 is 1.07 bits per heavy atom. The van der Waals surface area contributed by atoms with E-state index in [1.165, 1.54) is 32.1 Å². The summed E-state index contributed by atoms with van der Waals surface area (Å²) in [5.74, 6) is 0. The number of aliphatic hydroxyl groups is 1. The molecule has 1 unspecified atom stereocenters. The topological polar surface area (TPSA) is 32.3 Å². The van der Waals surface area contributed by atoms with Crippen LogP contribution in [0.1, 0.15) is 58.8 Å². The summed E-state index contributed by atoms with van der Waals surface area (Å²) in [7, 11) is 0. The summed E-state index contributed by atoms with van der Waals surface area (Å²) in [6.07, 6.45) is 8.49. The van der Waals surface area contributed by atoms with Crippen molar-refractivity contribution in [2.75, 3.05) is 0 Å². The Labute approximate surface area is 93.5 Å². The third kappa shape index (κ3) is 2.54. The highest BCUT2D eigenvalue weighted by Gasteiger charge is 2.37. The van der Waals surface area contributed by atoms with E-state index in [-0.39, 0.29) is 6.10 Å². The molecule has 0 radical (unpaired) electrons. The largest absolute Gasteiger partial charge is 0.392 e. The maximum Gasteiger partial charge on any atom is 0.0693 e. The Balaban J connectivity index is 1.90. The van der Waals surface area contributed by atoms with Gasteiger partial charge < -0.3 is 10.4 Å². The van der Waals surface area contributed by atoms with E-state index in [0.717, 1.165) is 12.8 Å². The average molecular weight is 211 g/mol. The monoisotopic (exact) mass is 211 g/mol. The van der Waals surface area contributed by atoms with E-state index in [2.05, 4.69) is 19.2 Å². The van der Waals surface area contributed by atoms with Crippen molar-refractivity contribution in [3.05, 3.63) is 0 Å². The minimum atomic E-state index is -0.102. The summed E-state index contributed by atoms with van der Waals surface area (Å²) in [6.45, 7) is 4.71. The standard InChI is InChI=1S/C13H25NO/c1-13(2)9-5-8-12(13)14-10-6-3-4-7-11(10)15/h10-12,14-15H,3-9H2,1-2H3/t10-,11-,12?/m1/s1. The Bertz CT molecular complexity index is 215. The Hall–Kier alpha value is -0.0800. The van der Waals surface area contributed by atoms with Gasteiger partial charge in [-0.3, -0.25) is 0 Å². The molecule has 2 fully saturated rings. The average Bonchev–Trinajstić information content (AvgIpc) is 2.50. The second-order valence-electron chi connectivity index (χ2n) is 6.06. The van der Waals surface area contributed by atoms with Gasteiger partial charge in [-0.05, 0) is 31.1 Å². The molecule has 0 aliphatic heterocycles. The van der Waals surface area contributed by atoms with Gasteiger partial charge in [-0.1, -0.05) is 33.1 Å². The van der Waals surface area contributed by atoms with Gasteiger partial charge in [0.15, 0.2) is 0 Å². The molecule has 2 aliphatic carbocycles. The summed E-state index contributed by atoms with van der Waals surface area (Å²) in [4.78, 5) is 0. The van der Waals surface area contributed by atoms with Crippen LogP contribution < -0.4 is 5.32 Å². The number of rotatable bonds is 2. The van der Waals surface area contributed by atoms with Crippen molar-refractivity contribution in [1.82, 2.24) is 5.32 Å². The molecule has 0 bridgehead atoms. The number of hydrogen-bond donors (Lipinski definition) is 2. The molecular formula is C13H25NO. The quantitative estimate of drug-likeness (QED) is 0.735. The van der Waals surface area contributed by atoms with Crippen LogP contribution in [0.25, 0.3) is 0 Å². The van der Waals surface area contributed by atoms with Crippen molar-refractivity contribution in [3.63, 3.8) is 0 Å². The van der Waals surface area contributed by atoms with Crippen LogP contribution in [0.15, 0.2) is 0 Å². The predicted molar refractivity (Wildman–Crippen MR) is 62.8 cm³/mol. The molecule has 88 valence electrons. The lowest BCUT2D eigenvalue weighted by molar-refractivity contribution is 0.0759. The summed E-state index contributed by atoms with van der Waals surface area (Å²) in [6, 6.07) is 0.983. The number of aliphatic hydroxyl groups excluding tert-OH is 1. The Morgan fingerprint density at radius 3 is 2.40 bits per heavy atom. The van der Waals surface area contributed by atoms with E-state index in [0.29, 0.717) is 17.5 Å². The third-order valence-electron chi connectivity index (χ3n) is 4.40. The second kappa shape index (κ2) is 4.42. The van der Waals surface area contributed by atoms with Crippen molar-refractivity contribution in [3.8, 4) is 0 Å². The van der Waals surface area contributed by atoms with Gasteiger partial charge in [0, 0.05) is 12.1 Å². The first-order valence-corrected chi connectivity index (χ1v) is 6.54. The molecule has 2 N–H and O–H groups in total. The second-order valence-corrected chi connectivity index (χ2v) is 6.06. The van der Waals surface area contributed by atoms with Crippen molar-refractivity contribution >= 4 is 0 Å². The molecule has 0 spiro atoms. The molecule has 0 aromatic heterocycles. The van der Waals surface area contributed by atoms with Gasteiger partial charge in [0.2, 0.25) is 0 Å². The van der Waals surface area contributed by atoms with Crippen molar-refractivity contribution in [2.45, 2.75) is 77.0 Å². The van der Waals surface area contributed by atoms with E-state index in [1.54, 1.807) is 0 Å². The molecule has 0 aromatic carbocycles. The number of hydrogen-bond acceptors (Lipinski definition) is 2. The SMILES string of the molecule is CC1(C)CCCC1N[C@@H]1CCCC[C@H]1O. The highest BCUT2D eigenvalue weighted by atomic mass is 16.3. The fraction of sp³-hybridized carbons (Fsp3) is 1.00. The first kappa shape index (κ1) is 11.4. The Morgan fingerprint density at radius 2 is 1.80 bits per heavy atom. The van der Waals surface area contributed by atoms with Crippen LogP contribution in [0.4, 0.5) is 0 Å². The number of nitrogens with one attached hydrogen (secondary N) is 1. The predicted octanol–water partition coefficient (Wildman–Crippen LogP) is 2.46. The highest BCUT2D eigenvalue weighted by Crippen LogP contribution is 2.38. The molecule has 0 heterocycles. The zero-order chi connectivity index (χ0) is 10.9. The zero-order valence-corrected chi connectivity index (χ0v) is 10.1. The van der Waals surface area contributed by atoms with Gasteiger partial charge in [-0.2, -0.15) is 0 Å². The fourth-order valence-corrected chi connectivity index (χ4v) is 3.20. The first-order valence-electron chi connectivity index (χ1n) is 6.54. The summed E-state index contributed by atoms with van der Waals surface area (Å²) >= 11 is 0. The molecule has 15 heavy (non-hydrogen) atoms. The summed E-state index contributed by atoms with van der Waals surface area (Å²) in [5.41, 5.74) is 0.428. The van der Waals surface area contributed by atoms with E-state index < -0.39 is 0 Å². The zero-order valence-electron chi connectivity index (χ0n) is 10.1. The van der Waals surface area contributed by atoms with Crippen LogP contribution >= 0.6 is 0 Å². The van der Waals surface area contributed by atoms with E-state index in [4.69, 9.17) is 0 Å². The van der Waals surface area contributed by atoms with Gasteiger partial charge in [0.1, 0.15) is 0 Å². The van der Waals surface area contributed by atoms with Gasteiger partial charge in [-0.25, -0.2) is 0 Å². The van der Waals surface area contributed by atoms with Gasteiger partial charge in [0.25, 0.3) is 0 Å². The van der Waals surface area contributed by atoms with Crippen LogP contribution in [0, 0.1) is 5.41 Å². The highest BCUT2D eigenvalue weighted by molar-refractivity contribution is 4.94. The Kier molecular flexibility index (Phi) is 3.36. The van der Waals surface area contributed by atoms with Crippen LogP contribution in [0.5, 0.6) is 0 Å². The molecule has 2 rings (SSSR count). The minimum absolute atomic E-state index is 0.102. The van der Waals surface area contributed by atoms with E-state index in [1.807, 2.05) is 0 Å². The van der Waals surface area contributed by atoms with Crippen molar-refractivity contribution in [1.29, 1.82) is 0 Å². The molecule has 2 nitrogen and oxygen atoms in total. The van der Waals surface area contributed by atoms with Crippen LogP contribution in [-0.4, -0.2) is 23.3 Å². The normalized spacial score (nSPS) is 40.6. The molecule has 0 aromatic rings. The van der Waals surface area contributed by atoms with E-state index in [9.17, 15) is 5.11 Å². The van der Waals surface area contributed by atoms with Gasteiger partial charge in [-0.15, -0.1) is 0 Å². The molecule has 0 saturated heterocycles. The van der Waals surface area contributed by atoms with Crippen LogP contribution in [0.2, 0.25) is 0 Å². The van der Waals surface area contributed by atoms with Crippen LogP contribution in [-0.2, 0) is 0 Å². The van der Waals surface area contributed by atoms with Crippen LogP contribution in [0.3, 0.4) is 0 Å². The van der Waals surface area contributed by atoms with E-state index >= 15 is 0 Å². The van der Waals surface area contributed by atoms with Gasteiger partial charge >= 0.3 is 0 Å². The maximum absolute atomic E-state index is 9.94. The molecule has 2 aliphatic rings. The lowest BCUT2D eigenvalue weighted by Gasteiger charge is -2.36. The molecule has 3 atom stereocenters. The van der Waals surface area contributed by atoms with Crippen molar-refractivity contribution < 1.29 is 5.11 Å². The molecule has 0 amide bonds. The van der Waals surface area contributed by atoms with Gasteiger partial charge in [0.05, 0.1) is 6.10 Å². The fourth-order valence-electron chi connectivity index (χ4n) is 3.20. The molecule has 2 heteroatoms. The maximum atomic E-state index is 9.94. The molecular weight excluding hydrogens is 186 g/mol. The molecule has 2 saturated carbocycles. The first-order chi connectivity index (χ1) is 7.09. The summed E-state index contributed by atoms with van der Waals surface area (Å²) < 4.78 is 0.